The number of benzene rings is 2. The molecule has 0 amide bonds. The highest BCUT2D eigenvalue weighted by atomic mass is 32.1. The Hall–Kier alpha value is -2.77. The van der Waals surface area contributed by atoms with Crippen LogP contribution in [0, 0.1) is 11.6 Å². The Balaban J connectivity index is 2.06. The number of phenolic OH excluding ortho intramolecular Hbond substituents is 1. The summed E-state index contributed by atoms with van der Waals surface area (Å²) in [5.41, 5.74) is 1.44. The summed E-state index contributed by atoms with van der Waals surface area (Å²) in [6.07, 6.45) is 1.40. The number of aromatic hydroxyl groups is 2. The maximum absolute atomic E-state index is 14.5. The fourth-order valence-corrected chi connectivity index (χ4v) is 4.16. The van der Waals surface area contributed by atoms with E-state index in [9.17, 15) is 19.0 Å². The highest BCUT2D eigenvalue weighted by Crippen LogP contribution is 2.46. The normalized spacial score (nSPS) is 12.9. The van der Waals surface area contributed by atoms with Crippen molar-refractivity contribution in [3.8, 4) is 22.6 Å². The second kappa shape index (κ2) is 6.68. The number of rotatable bonds is 3. The van der Waals surface area contributed by atoms with E-state index in [1.54, 1.807) is 12.1 Å². The van der Waals surface area contributed by atoms with Crippen LogP contribution in [-0.4, -0.2) is 34.2 Å². The SMILES string of the molecule is CC(c1ccc(-c2c(O)c(F)c(F)c3ncc4scc(O)c4c23)cc1)N(C)C. The summed E-state index contributed by atoms with van der Waals surface area (Å²) in [5, 5.41) is 22.8. The van der Waals surface area contributed by atoms with Crippen molar-refractivity contribution in [1.82, 2.24) is 9.88 Å². The molecule has 0 fully saturated rings. The van der Waals surface area contributed by atoms with Gasteiger partial charge in [0.15, 0.2) is 11.6 Å². The standard InChI is InChI=1S/C21H18F2N2O2S/c1-10(25(2)3)11-4-6-12(7-5-11)15-17-16-13(26)9-28-14(16)8-24-20(17)18(22)19(23)21(15)27/h4-10,26-27H,1-3H3. The number of nitrogens with zero attached hydrogens (tertiary/aromatic N) is 2. The maximum atomic E-state index is 14.5. The molecule has 144 valence electrons. The molecule has 28 heavy (non-hydrogen) atoms. The predicted octanol–water partition coefficient (Wildman–Crippen LogP) is 5.43. The highest BCUT2D eigenvalue weighted by molar-refractivity contribution is 7.17. The van der Waals surface area contributed by atoms with Gasteiger partial charge in [0.1, 0.15) is 11.3 Å². The monoisotopic (exact) mass is 400 g/mol. The van der Waals surface area contributed by atoms with Gasteiger partial charge in [-0.05, 0) is 32.1 Å². The van der Waals surface area contributed by atoms with Crippen LogP contribution in [0.5, 0.6) is 11.5 Å². The van der Waals surface area contributed by atoms with E-state index in [1.165, 1.54) is 22.9 Å². The van der Waals surface area contributed by atoms with Crippen molar-refractivity contribution >= 4 is 32.3 Å². The molecule has 0 saturated carbocycles. The van der Waals surface area contributed by atoms with Crippen molar-refractivity contribution in [2.45, 2.75) is 13.0 Å². The van der Waals surface area contributed by atoms with Gasteiger partial charge >= 0.3 is 0 Å². The van der Waals surface area contributed by atoms with Crippen LogP contribution in [0.15, 0.2) is 35.8 Å². The van der Waals surface area contributed by atoms with Crippen molar-refractivity contribution in [3.63, 3.8) is 0 Å². The molecule has 4 nitrogen and oxygen atoms in total. The fourth-order valence-electron chi connectivity index (χ4n) is 3.37. The molecule has 0 aliphatic rings. The molecule has 0 radical (unpaired) electrons. The summed E-state index contributed by atoms with van der Waals surface area (Å²) in [5.74, 6) is -3.44. The van der Waals surface area contributed by atoms with Crippen molar-refractivity contribution in [2.24, 2.45) is 0 Å². The number of thiophene rings is 1. The predicted molar refractivity (Wildman–Crippen MR) is 108 cm³/mol. The van der Waals surface area contributed by atoms with E-state index in [0.717, 1.165) is 5.56 Å². The number of hydrogen-bond donors (Lipinski definition) is 2. The van der Waals surface area contributed by atoms with Gasteiger partial charge < -0.3 is 15.1 Å². The molecule has 2 heterocycles. The van der Waals surface area contributed by atoms with Crippen molar-refractivity contribution in [1.29, 1.82) is 0 Å². The van der Waals surface area contributed by atoms with E-state index >= 15 is 0 Å². The fraction of sp³-hybridized carbons (Fsp3) is 0.190. The Morgan fingerprint density at radius 1 is 1.04 bits per heavy atom. The third kappa shape index (κ3) is 2.70. The zero-order chi connectivity index (χ0) is 20.2. The largest absolute Gasteiger partial charge is 0.506 e. The van der Waals surface area contributed by atoms with Gasteiger partial charge in [-0.15, -0.1) is 11.3 Å². The molecule has 0 bridgehead atoms. The average Bonchev–Trinajstić information content (AvgIpc) is 3.07. The zero-order valence-corrected chi connectivity index (χ0v) is 16.3. The van der Waals surface area contributed by atoms with Crippen LogP contribution in [0.1, 0.15) is 18.5 Å². The molecule has 2 aromatic heterocycles. The smallest absolute Gasteiger partial charge is 0.203 e. The van der Waals surface area contributed by atoms with Crippen LogP contribution < -0.4 is 0 Å². The second-order valence-corrected chi connectivity index (χ2v) is 7.87. The Kier molecular flexibility index (Phi) is 4.44. The minimum absolute atomic E-state index is 0.0584. The van der Waals surface area contributed by atoms with E-state index in [-0.39, 0.29) is 28.3 Å². The van der Waals surface area contributed by atoms with E-state index in [4.69, 9.17) is 0 Å². The molecule has 0 spiro atoms. The van der Waals surface area contributed by atoms with Crippen molar-refractivity contribution in [2.75, 3.05) is 14.1 Å². The van der Waals surface area contributed by atoms with Crippen molar-refractivity contribution < 1.29 is 19.0 Å². The topological polar surface area (TPSA) is 56.6 Å². The van der Waals surface area contributed by atoms with Gasteiger partial charge in [0.25, 0.3) is 0 Å². The highest BCUT2D eigenvalue weighted by Gasteiger charge is 2.25. The third-order valence-electron chi connectivity index (χ3n) is 5.15. The summed E-state index contributed by atoms with van der Waals surface area (Å²) in [7, 11) is 3.93. The summed E-state index contributed by atoms with van der Waals surface area (Å²) in [6.45, 7) is 2.05. The van der Waals surface area contributed by atoms with E-state index in [2.05, 4.69) is 16.8 Å². The molecule has 1 atom stereocenters. The maximum Gasteiger partial charge on any atom is 0.203 e. The van der Waals surface area contributed by atoms with Crippen LogP contribution in [0.2, 0.25) is 0 Å². The van der Waals surface area contributed by atoms with Crippen LogP contribution in [0.4, 0.5) is 8.78 Å². The lowest BCUT2D eigenvalue weighted by molar-refractivity contribution is 0.321. The average molecular weight is 400 g/mol. The first-order valence-electron chi connectivity index (χ1n) is 8.66. The molecular weight excluding hydrogens is 382 g/mol. The van der Waals surface area contributed by atoms with Gasteiger partial charge in [0.2, 0.25) is 5.82 Å². The number of aromatic nitrogens is 1. The number of halogens is 2. The number of pyridine rings is 1. The Morgan fingerprint density at radius 3 is 2.36 bits per heavy atom. The first-order chi connectivity index (χ1) is 13.3. The molecule has 1 unspecified atom stereocenters. The van der Waals surface area contributed by atoms with Gasteiger partial charge in [-0.3, -0.25) is 4.98 Å². The first kappa shape index (κ1) is 18.6. The van der Waals surface area contributed by atoms with Crippen molar-refractivity contribution in [3.05, 3.63) is 53.0 Å². The molecule has 2 N–H and O–H groups in total. The molecule has 4 aromatic rings. The van der Waals surface area contributed by atoms with Crippen LogP contribution in [0.3, 0.4) is 0 Å². The summed E-state index contributed by atoms with van der Waals surface area (Å²) in [6, 6.07) is 7.44. The Bertz CT molecular complexity index is 1200. The lowest BCUT2D eigenvalue weighted by atomic mass is 9.95. The molecule has 0 aliphatic heterocycles. The van der Waals surface area contributed by atoms with Crippen LogP contribution >= 0.6 is 11.3 Å². The first-order valence-corrected chi connectivity index (χ1v) is 9.54. The van der Waals surface area contributed by atoms with E-state index < -0.39 is 17.4 Å². The Labute approximate surface area is 164 Å². The quantitative estimate of drug-likeness (QED) is 0.482. The number of fused-ring (bicyclic) bond motifs is 3. The number of hydrogen-bond acceptors (Lipinski definition) is 5. The molecule has 7 heteroatoms. The van der Waals surface area contributed by atoms with Gasteiger partial charge in [-0.25, -0.2) is 4.39 Å². The zero-order valence-electron chi connectivity index (χ0n) is 15.5. The van der Waals surface area contributed by atoms with Crippen LogP contribution in [0.25, 0.3) is 32.1 Å². The van der Waals surface area contributed by atoms with E-state index in [0.29, 0.717) is 15.6 Å². The van der Waals surface area contributed by atoms with Gasteiger partial charge in [0, 0.05) is 34.0 Å². The van der Waals surface area contributed by atoms with E-state index in [1.807, 2.05) is 26.2 Å². The van der Waals surface area contributed by atoms with Gasteiger partial charge in [0.05, 0.1) is 4.70 Å². The summed E-state index contributed by atoms with van der Waals surface area (Å²) < 4.78 is 29.5. The summed E-state index contributed by atoms with van der Waals surface area (Å²) in [4.78, 5) is 6.10. The molecular formula is C21H18F2N2O2S. The number of phenols is 1. The van der Waals surface area contributed by atoms with Crippen LogP contribution in [-0.2, 0) is 0 Å². The van der Waals surface area contributed by atoms with Gasteiger partial charge in [-0.1, -0.05) is 24.3 Å². The lowest BCUT2D eigenvalue weighted by Crippen LogP contribution is -2.16. The molecule has 4 rings (SSSR count). The minimum Gasteiger partial charge on any atom is -0.506 e. The molecule has 0 aliphatic carbocycles. The summed E-state index contributed by atoms with van der Waals surface area (Å²) >= 11 is 1.24. The Morgan fingerprint density at radius 2 is 1.71 bits per heavy atom. The third-order valence-corrected chi connectivity index (χ3v) is 6.05. The van der Waals surface area contributed by atoms with Gasteiger partial charge in [-0.2, -0.15) is 4.39 Å². The second-order valence-electron chi connectivity index (χ2n) is 6.96. The lowest BCUT2D eigenvalue weighted by Gasteiger charge is -2.20. The minimum atomic E-state index is -1.35. The molecule has 0 saturated heterocycles. The molecule has 2 aromatic carbocycles.